The van der Waals surface area contributed by atoms with Crippen molar-refractivity contribution < 1.29 is 8.42 Å². The highest BCUT2D eigenvalue weighted by Crippen LogP contribution is 2.30. The fourth-order valence-corrected chi connectivity index (χ4v) is 9.23. The largest absolute Gasteiger partial charge is 0.381 e. The van der Waals surface area contributed by atoms with Crippen molar-refractivity contribution in [3.8, 4) is 11.1 Å². The van der Waals surface area contributed by atoms with E-state index < -0.39 is 10.0 Å². The van der Waals surface area contributed by atoms with Crippen LogP contribution in [-0.2, 0) is 16.6 Å². The van der Waals surface area contributed by atoms with E-state index in [0.29, 0.717) is 10.9 Å². The second kappa shape index (κ2) is 18.1. The quantitative estimate of drug-likeness (QED) is 0.0988. The molecule has 6 aromatic rings. The number of aromatic nitrogens is 2. The number of nitrogens with one attached hydrogen (secondary N) is 2. The zero-order chi connectivity index (χ0) is 39.1. The standard InChI is InChI=1S/C44H48ClN7O2S2/c1-32-27-39(18-20-42(32)48-36(21-22-50(2)3)30-55-38-10-5-4-6-11-38)56(53,54)49-44-41-19-17-37(28-43(41)46-31-47-44)52-25-23-51(24-26-52)29-34-9-7-8-12-40(34)33-13-15-35(45)16-14-33/h4-20,27-28,31,36,48H,21-26,29-30H2,1-3H3,(H,46,47,49)/t36-/m1/s1. The molecule has 0 saturated carbocycles. The third kappa shape index (κ3) is 10.0. The molecule has 7 rings (SSSR count). The van der Waals surface area contributed by atoms with E-state index >= 15 is 0 Å². The Labute approximate surface area is 340 Å². The summed E-state index contributed by atoms with van der Waals surface area (Å²) in [6.45, 7) is 7.31. The molecular formula is C44H48ClN7O2S2. The van der Waals surface area contributed by atoms with Gasteiger partial charge in [-0.1, -0.05) is 66.2 Å². The predicted octanol–water partition coefficient (Wildman–Crippen LogP) is 8.91. The van der Waals surface area contributed by atoms with Crippen LogP contribution in [0.25, 0.3) is 22.0 Å². The lowest BCUT2D eigenvalue weighted by Gasteiger charge is -2.36. The Morgan fingerprint density at radius 3 is 2.36 bits per heavy atom. The van der Waals surface area contributed by atoms with Gasteiger partial charge in [0.2, 0.25) is 0 Å². The van der Waals surface area contributed by atoms with Gasteiger partial charge in [-0.15, -0.1) is 11.8 Å². The SMILES string of the molecule is Cc1cc(S(=O)(=O)Nc2ncnc3cc(N4CCN(Cc5ccccc5-c5ccc(Cl)cc5)CC4)ccc23)ccc1N[C@H](CCN(C)C)CSc1ccccc1. The third-order valence-electron chi connectivity index (χ3n) is 10.1. The maximum absolute atomic E-state index is 13.7. The van der Waals surface area contributed by atoms with Crippen LogP contribution in [0.4, 0.5) is 17.2 Å². The summed E-state index contributed by atoms with van der Waals surface area (Å²) in [7, 11) is 0.227. The van der Waals surface area contributed by atoms with Crippen molar-refractivity contribution in [3.05, 3.63) is 138 Å². The topological polar surface area (TPSA) is 93.7 Å². The van der Waals surface area contributed by atoms with Gasteiger partial charge in [0.25, 0.3) is 10.0 Å². The minimum Gasteiger partial charge on any atom is -0.381 e. The highest BCUT2D eigenvalue weighted by Gasteiger charge is 2.22. The smallest absolute Gasteiger partial charge is 0.263 e. The zero-order valence-corrected chi connectivity index (χ0v) is 34.4. The number of benzene rings is 5. The summed E-state index contributed by atoms with van der Waals surface area (Å²) in [5.74, 6) is 1.14. The molecule has 0 spiro atoms. The van der Waals surface area contributed by atoms with Crippen molar-refractivity contribution in [3.63, 3.8) is 0 Å². The number of halogens is 1. The van der Waals surface area contributed by atoms with Gasteiger partial charge < -0.3 is 15.1 Å². The van der Waals surface area contributed by atoms with Crippen LogP contribution in [-0.4, -0.2) is 86.8 Å². The van der Waals surface area contributed by atoms with E-state index in [4.69, 9.17) is 11.6 Å². The molecule has 2 heterocycles. The second-order valence-corrected chi connectivity index (χ2v) is 17.7. The van der Waals surface area contributed by atoms with Crippen molar-refractivity contribution in [1.29, 1.82) is 0 Å². The zero-order valence-electron chi connectivity index (χ0n) is 32.0. The molecule has 56 heavy (non-hydrogen) atoms. The van der Waals surface area contributed by atoms with Crippen molar-refractivity contribution in [1.82, 2.24) is 19.8 Å². The van der Waals surface area contributed by atoms with Crippen LogP contribution in [0.3, 0.4) is 0 Å². The Morgan fingerprint density at radius 2 is 1.61 bits per heavy atom. The molecule has 0 aliphatic carbocycles. The monoisotopic (exact) mass is 805 g/mol. The number of sulfonamides is 1. The molecule has 2 N–H and O–H groups in total. The van der Waals surface area contributed by atoms with Crippen LogP contribution in [0, 0.1) is 6.92 Å². The number of hydrogen-bond donors (Lipinski definition) is 2. The predicted molar refractivity (Wildman–Crippen MR) is 234 cm³/mol. The lowest BCUT2D eigenvalue weighted by atomic mass is 9.99. The molecule has 1 fully saturated rings. The van der Waals surface area contributed by atoms with E-state index in [-0.39, 0.29) is 16.8 Å². The van der Waals surface area contributed by atoms with Crippen molar-refractivity contribution in [2.45, 2.75) is 35.7 Å². The number of thioether (sulfide) groups is 1. The fourth-order valence-electron chi connectivity index (χ4n) is 6.99. The lowest BCUT2D eigenvalue weighted by Crippen LogP contribution is -2.46. The van der Waals surface area contributed by atoms with E-state index in [2.05, 4.69) is 109 Å². The van der Waals surface area contributed by atoms with Gasteiger partial charge in [0.1, 0.15) is 6.33 Å². The van der Waals surface area contributed by atoms with E-state index in [1.54, 1.807) is 12.1 Å². The molecule has 1 aromatic heterocycles. The fraction of sp³-hybridized carbons (Fsp3) is 0.273. The molecule has 1 aliphatic heterocycles. The average Bonchev–Trinajstić information content (AvgIpc) is 3.20. The average molecular weight is 807 g/mol. The first-order valence-corrected chi connectivity index (χ1v) is 21.7. The highest BCUT2D eigenvalue weighted by atomic mass is 35.5. The Morgan fingerprint density at radius 1 is 0.857 bits per heavy atom. The van der Waals surface area contributed by atoms with Gasteiger partial charge in [0.15, 0.2) is 5.82 Å². The van der Waals surface area contributed by atoms with Crippen molar-refractivity contribution >= 4 is 61.5 Å². The molecule has 0 unspecified atom stereocenters. The maximum atomic E-state index is 13.7. The van der Waals surface area contributed by atoms with Gasteiger partial charge in [-0.25, -0.2) is 18.4 Å². The van der Waals surface area contributed by atoms with Gasteiger partial charge in [0.05, 0.1) is 10.4 Å². The first-order valence-electron chi connectivity index (χ1n) is 18.9. The first kappa shape index (κ1) is 39.6. The Hall–Kier alpha value is -4.65. The van der Waals surface area contributed by atoms with Crippen LogP contribution in [0.1, 0.15) is 17.5 Å². The normalized spacial score (nSPS) is 14.3. The van der Waals surface area contributed by atoms with Crippen LogP contribution in [0.5, 0.6) is 0 Å². The van der Waals surface area contributed by atoms with Gasteiger partial charge >= 0.3 is 0 Å². The van der Waals surface area contributed by atoms with Crippen LogP contribution < -0.4 is 14.9 Å². The van der Waals surface area contributed by atoms with Gasteiger partial charge in [0, 0.05) is 71.2 Å². The summed E-state index contributed by atoms with van der Waals surface area (Å²) in [6, 6.07) is 38.4. The van der Waals surface area contributed by atoms with Crippen LogP contribution in [0.15, 0.2) is 131 Å². The van der Waals surface area contributed by atoms with E-state index in [1.807, 2.05) is 61.2 Å². The second-order valence-electron chi connectivity index (χ2n) is 14.5. The minimum atomic E-state index is -3.93. The molecule has 9 nitrogen and oxygen atoms in total. The van der Waals surface area contributed by atoms with E-state index in [9.17, 15) is 8.42 Å². The number of anilines is 3. The molecule has 12 heteroatoms. The lowest BCUT2D eigenvalue weighted by molar-refractivity contribution is 0.250. The maximum Gasteiger partial charge on any atom is 0.263 e. The summed E-state index contributed by atoms with van der Waals surface area (Å²) in [5, 5.41) is 5.07. The van der Waals surface area contributed by atoms with Crippen LogP contribution >= 0.6 is 23.4 Å². The molecule has 1 atom stereocenters. The molecule has 0 bridgehead atoms. The summed E-state index contributed by atoms with van der Waals surface area (Å²) in [6.07, 6.45) is 2.37. The molecule has 1 aliphatic rings. The molecule has 0 radical (unpaired) electrons. The number of aryl methyl sites for hydroxylation is 1. The first-order chi connectivity index (χ1) is 27.1. The molecule has 0 amide bonds. The van der Waals surface area contributed by atoms with Gasteiger partial charge in [-0.05, 0) is 117 Å². The van der Waals surface area contributed by atoms with Crippen molar-refractivity contribution in [2.75, 3.05) is 67.5 Å². The minimum absolute atomic E-state index is 0.182. The van der Waals surface area contributed by atoms with Gasteiger partial charge in [-0.3, -0.25) is 9.62 Å². The summed E-state index contributed by atoms with van der Waals surface area (Å²) in [5.41, 5.74) is 7.20. The molecule has 290 valence electrons. The summed E-state index contributed by atoms with van der Waals surface area (Å²) in [4.78, 5) is 17.3. The van der Waals surface area contributed by atoms with Gasteiger partial charge in [-0.2, -0.15) is 0 Å². The number of piperazine rings is 1. The molecule has 1 saturated heterocycles. The number of rotatable bonds is 15. The molecular weight excluding hydrogens is 758 g/mol. The summed E-state index contributed by atoms with van der Waals surface area (Å²) >= 11 is 7.97. The number of fused-ring (bicyclic) bond motifs is 1. The molecule has 5 aromatic carbocycles. The number of hydrogen-bond acceptors (Lipinski definition) is 9. The van der Waals surface area contributed by atoms with E-state index in [1.165, 1.54) is 22.3 Å². The highest BCUT2D eigenvalue weighted by molar-refractivity contribution is 7.99. The van der Waals surface area contributed by atoms with E-state index in [0.717, 1.165) is 79.0 Å². The summed E-state index contributed by atoms with van der Waals surface area (Å²) < 4.78 is 30.2. The number of nitrogens with zero attached hydrogens (tertiary/aromatic N) is 5. The van der Waals surface area contributed by atoms with Crippen molar-refractivity contribution in [2.24, 2.45) is 0 Å². The third-order valence-corrected chi connectivity index (χ3v) is 12.9. The Balaban J connectivity index is 0.992. The Kier molecular flexibility index (Phi) is 12.8. The Bertz CT molecular complexity index is 2350. The van der Waals surface area contributed by atoms with Crippen LogP contribution in [0.2, 0.25) is 5.02 Å².